The van der Waals surface area contributed by atoms with Gasteiger partial charge in [0.05, 0.1) is 0 Å². The Morgan fingerprint density at radius 2 is 1.90 bits per heavy atom. The molecule has 1 nitrogen and oxygen atoms in total. The third kappa shape index (κ3) is 8.61. The third-order valence-electron chi connectivity index (χ3n) is 1.01. The molecular weight excluding hydrogens is 159 g/mol. The highest BCUT2D eigenvalue weighted by atomic mass is 31.1. The summed E-state index contributed by atoms with van der Waals surface area (Å²) >= 11 is 0. The minimum absolute atomic E-state index is 0.752. The molecule has 0 N–H and O–H groups in total. The van der Waals surface area contributed by atoms with Crippen molar-refractivity contribution in [2.45, 2.75) is 39.4 Å². The molecule has 0 aliphatic carbocycles. The summed E-state index contributed by atoms with van der Waals surface area (Å²) in [6.45, 7) is 8.95. The minimum atomic E-state index is -1.19. The molecule has 0 aromatic rings. The molecule has 0 bridgehead atoms. The van der Waals surface area contributed by atoms with Gasteiger partial charge in [0.15, 0.2) is 8.32 Å². The van der Waals surface area contributed by atoms with E-state index < -0.39 is 8.32 Å². The first kappa shape index (κ1) is 10.6. The van der Waals surface area contributed by atoms with E-state index >= 15 is 0 Å². The van der Waals surface area contributed by atoms with E-state index in [2.05, 4.69) is 26.6 Å². The first-order valence-electron chi connectivity index (χ1n) is 3.97. The zero-order valence-corrected chi connectivity index (χ0v) is 9.53. The van der Waals surface area contributed by atoms with Gasteiger partial charge in [0.2, 0.25) is 0 Å². The van der Waals surface area contributed by atoms with Crippen molar-refractivity contribution in [3.05, 3.63) is 0 Å². The molecule has 0 amide bonds. The zero-order valence-electron chi connectivity index (χ0n) is 7.53. The molecule has 0 fully saturated rings. The van der Waals surface area contributed by atoms with Crippen LogP contribution in [0.5, 0.6) is 0 Å². The quantitative estimate of drug-likeness (QED) is 0.357. The van der Waals surface area contributed by atoms with Crippen LogP contribution >= 0.6 is 8.81 Å². The number of rotatable bonds is 5. The molecule has 1 atom stereocenters. The highest BCUT2D eigenvalue weighted by Gasteiger charge is 2.12. The van der Waals surface area contributed by atoms with Crippen LogP contribution in [0.3, 0.4) is 0 Å². The third-order valence-corrected chi connectivity index (χ3v) is 4.60. The van der Waals surface area contributed by atoms with Gasteiger partial charge in [0.1, 0.15) is 0 Å². The second-order valence-corrected chi connectivity index (χ2v) is 9.29. The monoisotopic (exact) mass is 178 g/mol. The predicted octanol–water partition coefficient (Wildman–Crippen LogP) is 3.23. The lowest BCUT2D eigenvalue weighted by atomic mass is 10.4. The van der Waals surface area contributed by atoms with Crippen LogP contribution in [-0.4, -0.2) is 14.5 Å². The van der Waals surface area contributed by atoms with E-state index in [1.165, 1.54) is 19.0 Å². The van der Waals surface area contributed by atoms with Crippen molar-refractivity contribution >= 4 is 17.1 Å². The lowest BCUT2D eigenvalue weighted by Crippen LogP contribution is -2.20. The lowest BCUT2D eigenvalue weighted by Gasteiger charge is -2.16. The lowest BCUT2D eigenvalue weighted by molar-refractivity contribution is 0.631. The Morgan fingerprint density at radius 1 is 1.30 bits per heavy atom. The summed E-state index contributed by atoms with van der Waals surface area (Å²) in [6.07, 6.45) is 3.88. The average molecular weight is 178 g/mol. The summed E-state index contributed by atoms with van der Waals surface area (Å²) in [5.41, 5.74) is 0. The summed E-state index contributed by atoms with van der Waals surface area (Å²) in [7, 11) is -0.443. The van der Waals surface area contributed by atoms with E-state index in [1.807, 2.05) is 0 Å². The number of hydrogen-bond acceptors (Lipinski definition) is 1. The van der Waals surface area contributed by atoms with Crippen molar-refractivity contribution in [1.29, 1.82) is 0 Å². The number of unbranched alkanes of at least 4 members (excludes halogenated alkanes) is 1. The van der Waals surface area contributed by atoms with Crippen LogP contribution in [0.2, 0.25) is 19.6 Å². The van der Waals surface area contributed by atoms with E-state index in [-0.39, 0.29) is 0 Å². The average Bonchev–Trinajstić information content (AvgIpc) is 1.78. The fourth-order valence-electron chi connectivity index (χ4n) is 0.516. The fourth-order valence-corrected chi connectivity index (χ4v) is 3.15. The second-order valence-electron chi connectivity index (χ2n) is 3.46. The molecule has 0 saturated carbocycles. The van der Waals surface area contributed by atoms with E-state index in [0.29, 0.717) is 0 Å². The van der Waals surface area contributed by atoms with Crippen molar-refractivity contribution in [3.63, 3.8) is 0 Å². The van der Waals surface area contributed by atoms with Crippen LogP contribution in [0.4, 0.5) is 0 Å². The van der Waals surface area contributed by atoms with Crippen molar-refractivity contribution in [3.8, 4) is 0 Å². The molecule has 62 valence electrons. The van der Waals surface area contributed by atoms with Crippen LogP contribution < -0.4 is 0 Å². The molecule has 0 aromatic heterocycles. The molecule has 0 radical (unpaired) electrons. The Morgan fingerprint density at radius 3 is 2.30 bits per heavy atom. The normalized spacial score (nSPS) is 13.2. The van der Waals surface area contributed by atoms with E-state index in [4.69, 9.17) is 4.21 Å². The van der Waals surface area contributed by atoms with Crippen LogP contribution in [0, 0.1) is 0 Å². The maximum atomic E-state index is 5.70. The first-order chi connectivity index (χ1) is 4.56. The van der Waals surface area contributed by atoms with Gasteiger partial charge in [-0.2, -0.15) is 0 Å². The summed E-state index contributed by atoms with van der Waals surface area (Å²) in [6, 6.07) is 0. The molecule has 0 spiro atoms. The second kappa shape index (κ2) is 5.28. The van der Waals surface area contributed by atoms with E-state index in [9.17, 15) is 0 Å². The zero-order chi connectivity index (χ0) is 8.04. The molecule has 0 saturated heterocycles. The molecule has 1 unspecified atom stereocenters. The molecule has 10 heavy (non-hydrogen) atoms. The van der Waals surface area contributed by atoms with E-state index in [1.54, 1.807) is 0 Å². The van der Waals surface area contributed by atoms with Gasteiger partial charge >= 0.3 is 0 Å². The first-order valence-corrected chi connectivity index (χ1v) is 8.49. The van der Waals surface area contributed by atoms with Crippen LogP contribution in [-0.2, 0) is 4.21 Å². The topological polar surface area (TPSA) is 9.23 Å². The summed E-state index contributed by atoms with van der Waals surface area (Å²) in [4.78, 5) is 0. The molecule has 0 aromatic carbocycles. The van der Waals surface area contributed by atoms with Crippen molar-refractivity contribution < 1.29 is 4.21 Å². The van der Waals surface area contributed by atoms with Crippen LogP contribution in [0.1, 0.15) is 19.8 Å². The minimum Gasteiger partial charge on any atom is -0.399 e. The maximum absolute atomic E-state index is 5.70. The van der Waals surface area contributed by atoms with Gasteiger partial charge in [-0.15, -0.1) is 0 Å². The van der Waals surface area contributed by atoms with Gasteiger partial charge in [-0.3, -0.25) is 0 Å². The molecule has 0 aliphatic heterocycles. The van der Waals surface area contributed by atoms with Crippen molar-refractivity contribution in [1.82, 2.24) is 0 Å². The standard InChI is InChI=1S/C7H19OPSi/c1-5-6-7-9-8-10(2,3)4/h9H,5-7H2,1-4H3. The van der Waals surface area contributed by atoms with Gasteiger partial charge in [0.25, 0.3) is 0 Å². The summed E-state index contributed by atoms with van der Waals surface area (Å²) < 4.78 is 5.70. The van der Waals surface area contributed by atoms with E-state index in [0.717, 1.165) is 8.81 Å². The number of hydrogen-bond donors (Lipinski definition) is 0. The highest BCUT2D eigenvalue weighted by Crippen LogP contribution is 2.20. The maximum Gasteiger partial charge on any atom is 0.188 e. The van der Waals surface area contributed by atoms with Gasteiger partial charge in [-0.1, -0.05) is 13.3 Å². The Kier molecular flexibility index (Phi) is 5.60. The predicted molar refractivity (Wildman–Crippen MR) is 52.5 cm³/mol. The molecule has 0 heterocycles. The van der Waals surface area contributed by atoms with Crippen molar-refractivity contribution in [2.75, 3.05) is 6.16 Å². The van der Waals surface area contributed by atoms with Crippen LogP contribution in [0.25, 0.3) is 0 Å². The highest BCUT2D eigenvalue weighted by molar-refractivity contribution is 7.34. The summed E-state index contributed by atoms with van der Waals surface area (Å²) in [5.74, 6) is 0. The van der Waals surface area contributed by atoms with Gasteiger partial charge in [-0.25, -0.2) is 0 Å². The Hall–Kier alpha value is 0.607. The molecular formula is C7H19OPSi. The summed E-state index contributed by atoms with van der Waals surface area (Å²) in [5, 5.41) is 0. The fraction of sp³-hybridized carbons (Fsp3) is 1.00. The molecule has 0 aliphatic rings. The van der Waals surface area contributed by atoms with Gasteiger partial charge in [-0.05, 0) is 41.0 Å². The van der Waals surface area contributed by atoms with Gasteiger partial charge < -0.3 is 4.21 Å². The van der Waals surface area contributed by atoms with Crippen LogP contribution in [0.15, 0.2) is 0 Å². The van der Waals surface area contributed by atoms with Gasteiger partial charge in [0, 0.05) is 0 Å². The van der Waals surface area contributed by atoms with Crippen molar-refractivity contribution in [2.24, 2.45) is 0 Å². The Balaban J connectivity index is 3.04. The largest absolute Gasteiger partial charge is 0.399 e. The SMILES string of the molecule is CCCCPO[Si](C)(C)C. The Labute approximate surface area is 67.5 Å². The Bertz CT molecular complexity index is 80.2. The molecule has 0 rings (SSSR count). The molecule has 3 heteroatoms. The smallest absolute Gasteiger partial charge is 0.188 e.